The number of hydrogen-bond acceptors (Lipinski definition) is 5. The molecule has 3 aromatic rings. The molecule has 4 rings (SSSR count). The van der Waals surface area contributed by atoms with Crippen LogP contribution in [0.4, 0.5) is 5.82 Å². The zero-order chi connectivity index (χ0) is 15.6. The van der Waals surface area contributed by atoms with Gasteiger partial charge in [-0.25, -0.2) is 5.48 Å². The normalized spacial score (nSPS) is 14.4. The Morgan fingerprint density at radius 3 is 3.09 bits per heavy atom. The molecule has 0 radical (unpaired) electrons. The fourth-order valence-corrected chi connectivity index (χ4v) is 3.19. The minimum atomic E-state index is -0.0892. The SMILES string of the molecule is O=c1[nH][nH]c2cc(SCCONc3cc(C4CC4)[nH]n3)ccc12. The third-order valence-corrected chi connectivity index (χ3v) is 4.75. The van der Waals surface area contributed by atoms with Crippen molar-refractivity contribution in [3.8, 4) is 0 Å². The second kappa shape index (κ2) is 6.13. The van der Waals surface area contributed by atoms with Crippen molar-refractivity contribution in [3.63, 3.8) is 0 Å². The molecule has 1 saturated carbocycles. The van der Waals surface area contributed by atoms with Crippen LogP contribution in [0.25, 0.3) is 10.9 Å². The molecule has 0 atom stereocenters. The van der Waals surface area contributed by atoms with Gasteiger partial charge in [0.05, 0.1) is 17.5 Å². The Hall–Kier alpha value is -2.19. The molecule has 4 N–H and O–H groups in total. The molecule has 0 spiro atoms. The zero-order valence-corrected chi connectivity index (χ0v) is 13.2. The van der Waals surface area contributed by atoms with E-state index in [4.69, 9.17) is 4.84 Å². The number of nitrogens with zero attached hydrogens (tertiary/aromatic N) is 1. The van der Waals surface area contributed by atoms with Crippen LogP contribution in [-0.4, -0.2) is 32.8 Å². The Kier molecular flexibility index (Phi) is 3.84. The van der Waals surface area contributed by atoms with Gasteiger partial charge in [-0.05, 0) is 31.0 Å². The van der Waals surface area contributed by atoms with Gasteiger partial charge in [-0.3, -0.25) is 24.9 Å². The quantitative estimate of drug-likeness (QED) is 0.303. The van der Waals surface area contributed by atoms with Crippen LogP contribution in [0.15, 0.2) is 34.0 Å². The molecular weight excluding hydrogens is 314 g/mol. The van der Waals surface area contributed by atoms with Gasteiger partial charge >= 0.3 is 0 Å². The molecule has 2 heterocycles. The summed E-state index contributed by atoms with van der Waals surface area (Å²) in [6, 6.07) is 7.73. The van der Waals surface area contributed by atoms with Crippen LogP contribution in [0.3, 0.4) is 0 Å². The Labute approximate surface area is 136 Å². The van der Waals surface area contributed by atoms with E-state index in [9.17, 15) is 4.79 Å². The van der Waals surface area contributed by atoms with Gasteiger partial charge in [-0.2, -0.15) is 5.10 Å². The first-order valence-corrected chi connectivity index (χ1v) is 8.54. The lowest BCUT2D eigenvalue weighted by atomic mass is 10.2. The topological polar surface area (TPSA) is 98.6 Å². The van der Waals surface area contributed by atoms with E-state index >= 15 is 0 Å². The molecule has 1 aliphatic carbocycles. The van der Waals surface area contributed by atoms with E-state index in [1.807, 2.05) is 24.3 Å². The standard InChI is InChI=1S/C15H17N5O2S/c21-15-11-4-3-10(7-13(11)17-19-15)23-6-5-22-20-14-8-12(16-18-14)9-1-2-9/h3-4,7-9H,1-2,5-6H2,(H2,16,18,20)(H2,17,19,21). The highest BCUT2D eigenvalue weighted by atomic mass is 32.2. The molecule has 120 valence electrons. The van der Waals surface area contributed by atoms with Crippen LogP contribution in [0.2, 0.25) is 0 Å². The van der Waals surface area contributed by atoms with Crippen LogP contribution in [-0.2, 0) is 4.84 Å². The van der Waals surface area contributed by atoms with Gasteiger partial charge in [0.25, 0.3) is 5.56 Å². The number of rotatable bonds is 7. The van der Waals surface area contributed by atoms with E-state index in [0.717, 1.165) is 22.0 Å². The summed E-state index contributed by atoms with van der Waals surface area (Å²) in [4.78, 5) is 18.0. The van der Waals surface area contributed by atoms with Gasteiger partial charge < -0.3 is 0 Å². The summed E-state index contributed by atoms with van der Waals surface area (Å²) in [5.74, 6) is 2.18. The Morgan fingerprint density at radius 2 is 2.22 bits per heavy atom. The number of aromatic nitrogens is 4. The van der Waals surface area contributed by atoms with Crippen LogP contribution >= 0.6 is 11.8 Å². The number of thioether (sulfide) groups is 1. The Balaban J connectivity index is 1.23. The summed E-state index contributed by atoms with van der Waals surface area (Å²) in [5, 5.41) is 13.3. The maximum Gasteiger partial charge on any atom is 0.271 e. The van der Waals surface area contributed by atoms with Gasteiger partial charge in [0, 0.05) is 28.3 Å². The van der Waals surface area contributed by atoms with Crippen molar-refractivity contribution in [2.24, 2.45) is 0 Å². The summed E-state index contributed by atoms with van der Waals surface area (Å²) in [5.41, 5.74) is 4.77. The van der Waals surface area contributed by atoms with Gasteiger partial charge in [-0.1, -0.05) is 0 Å². The molecule has 1 fully saturated rings. The number of H-pyrrole nitrogens is 3. The third kappa shape index (κ3) is 3.27. The predicted octanol–water partition coefficient (Wildman–Crippen LogP) is 2.59. The summed E-state index contributed by atoms with van der Waals surface area (Å²) < 4.78 is 0. The highest BCUT2D eigenvalue weighted by molar-refractivity contribution is 7.99. The molecule has 2 aromatic heterocycles. The predicted molar refractivity (Wildman–Crippen MR) is 89.8 cm³/mol. The molecule has 0 bridgehead atoms. The number of nitrogens with one attached hydrogen (secondary N) is 4. The maximum absolute atomic E-state index is 11.4. The first-order chi connectivity index (χ1) is 11.3. The van der Waals surface area contributed by atoms with Crippen LogP contribution in [0.1, 0.15) is 24.5 Å². The lowest BCUT2D eigenvalue weighted by Gasteiger charge is -2.04. The average Bonchev–Trinajstić information content (AvgIpc) is 3.20. The van der Waals surface area contributed by atoms with Crippen molar-refractivity contribution in [2.45, 2.75) is 23.7 Å². The monoisotopic (exact) mass is 331 g/mol. The minimum absolute atomic E-state index is 0.0892. The minimum Gasteiger partial charge on any atom is -0.297 e. The molecule has 1 aliphatic rings. The second-order valence-electron chi connectivity index (χ2n) is 5.57. The fraction of sp³-hybridized carbons (Fsp3) is 0.333. The molecule has 8 heteroatoms. The first kappa shape index (κ1) is 14.4. The Morgan fingerprint density at radius 1 is 1.30 bits per heavy atom. The van der Waals surface area contributed by atoms with Gasteiger partial charge in [0.1, 0.15) is 0 Å². The van der Waals surface area contributed by atoms with Gasteiger partial charge in [-0.15, -0.1) is 11.8 Å². The van der Waals surface area contributed by atoms with E-state index in [-0.39, 0.29) is 5.56 Å². The lowest BCUT2D eigenvalue weighted by Crippen LogP contribution is -2.04. The number of benzene rings is 1. The summed E-state index contributed by atoms with van der Waals surface area (Å²) in [6.45, 7) is 0.554. The summed E-state index contributed by atoms with van der Waals surface area (Å²) in [6.07, 6.45) is 2.49. The van der Waals surface area contributed by atoms with Crippen LogP contribution in [0, 0.1) is 0 Å². The van der Waals surface area contributed by atoms with Crippen molar-refractivity contribution >= 4 is 28.5 Å². The zero-order valence-electron chi connectivity index (χ0n) is 12.4. The van der Waals surface area contributed by atoms with Crippen molar-refractivity contribution < 1.29 is 4.84 Å². The maximum atomic E-state index is 11.4. The van der Waals surface area contributed by atoms with Crippen LogP contribution < -0.4 is 11.0 Å². The van der Waals surface area contributed by atoms with Crippen molar-refractivity contribution in [1.82, 2.24) is 20.4 Å². The van der Waals surface area contributed by atoms with Crippen molar-refractivity contribution in [3.05, 3.63) is 40.3 Å². The number of fused-ring (bicyclic) bond motifs is 1. The number of aromatic amines is 3. The number of anilines is 1. The highest BCUT2D eigenvalue weighted by Crippen LogP contribution is 2.39. The third-order valence-electron chi connectivity index (χ3n) is 3.79. The molecule has 0 saturated heterocycles. The van der Waals surface area contributed by atoms with E-state index in [0.29, 0.717) is 17.9 Å². The summed E-state index contributed by atoms with van der Waals surface area (Å²) >= 11 is 1.67. The van der Waals surface area contributed by atoms with Gasteiger partial charge in [0.2, 0.25) is 0 Å². The largest absolute Gasteiger partial charge is 0.297 e. The highest BCUT2D eigenvalue weighted by Gasteiger charge is 2.25. The van der Waals surface area contributed by atoms with Crippen molar-refractivity contribution in [2.75, 3.05) is 17.8 Å². The van der Waals surface area contributed by atoms with E-state index in [1.165, 1.54) is 18.5 Å². The molecule has 23 heavy (non-hydrogen) atoms. The molecule has 0 unspecified atom stereocenters. The average molecular weight is 331 g/mol. The molecule has 0 amide bonds. The summed E-state index contributed by atoms with van der Waals surface area (Å²) in [7, 11) is 0. The molecule has 7 nitrogen and oxygen atoms in total. The molecule has 0 aliphatic heterocycles. The van der Waals surface area contributed by atoms with Crippen LogP contribution in [0.5, 0.6) is 0 Å². The van der Waals surface area contributed by atoms with E-state index < -0.39 is 0 Å². The Bertz CT molecular complexity index is 864. The smallest absolute Gasteiger partial charge is 0.271 e. The van der Waals surface area contributed by atoms with E-state index in [1.54, 1.807) is 11.8 Å². The van der Waals surface area contributed by atoms with E-state index in [2.05, 4.69) is 25.9 Å². The molecule has 1 aromatic carbocycles. The second-order valence-corrected chi connectivity index (χ2v) is 6.74. The first-order valence-electron chi connectivity index (χ1n) is 7.56. The van der Waals surface area contributed by atoms with Gasteiger partial charge in [0.15, 0.2) is 5.82 Å². The van der Waals surface area contributed by atoms with Crippen molar-refractivity contribution in [1.29, 1.82) is 0 Å². The fourth-order valence-electron chi connectivity index (χ4n) is 2.42. The molecular formula is C15H17N5O2S. The number of hydrogen-bond donors (Lipinski definition) is 4. The lowest BCUT2D eigenvalue weighted by molar-refractivity contribution is 0.212.